The predicted octanol–water partition coefficient (Wildman–Crippen LogP) is 2.79. The molecule has 0 spiro atoms. The van der Waals surface area contributed by atoms with Crippen molar-refractivity contribution in [3.63, 3.8) is 0 Å². The van der Waals surface area contributed by atoms with Gasteiger partial charge in [-0.05, 0) is 26.0 Å². The molecule has 1 heterocycles. The van der Waals surface area contributed by atoms with Crippen LogP contribution >= 0.6 is 0 Å². The minimum atomic E-state index is 0.260. The fourth-order valence-corrected chi connectivity index (χ4v) is 3.17. The molecule has 3 atom stereocenters. The predicted molar refractivity (Wildman–Crippen MR) is 83.8 cm³/mol. The molecular formula is C17H27NO3. The Bertz CT molecular complexity index is 424. The van der Waals surface area contributed by atoms with Crippen molar-refractivity contribution in [3.8, 4) is 5.75 Å². The SMILES string of the molecule is CCC1OCCC1C(NC)c1ccccc1OCCOC. The van der Waals surface area contributed by atoms with Crippen LogP contribution in [0.2, 0.25) is 0 Å². The maximum absolute atomic E-state index is 5.88. The van der Waals surface area contributed by atoms with E-state index in [0.717, 1.165) is 25.2 Å². The lowest BCUT2D eigenvalue weighted by Gasteiger charge is -2.28. The van der Waals surface area contributed by atoms with Crippen LogP contribution in [0.5, 0.6) is 5.75 Å². The molecule has 0 saturated carbocycles. The first-order chi connectivity index (χ1) is 10.3. The van der Waals surface area contributed by atoms with E-state index in [1.807, 2.05) is 19.2 Å². The number of ether oxygens (including phenoxy) is 3. The minimum absolute atomic E-state index is 0.260. The highest BCUT2D eigenvalue weighted by atomic mass is 16.5. The second kappa shape index (κ2) is 8.37. The first-order valence-corrected chi connectivity index (χ1v) is 7.81. The number of hydrogen-bond acceptors (Lipinski definition) is 4. The quantitative estimate of drug-likeness (QED) is 0.748. The lowest BCUT2D eigenvalue weighted by Crippen LogP contribution is -2.31. The summed E-state index contributed by atoms with van der Waals surface area (Å²) in [4.78, 5) is 0. The van der Waals surface area contributed by atoms with Gasteiger partial charge in [-0.3, -0.25) is 0 Å². The Morgan fingerprint density at radius 3 is 2.86 bits per heavy atom. The Labute approximate surface area is 127 Å². The summed E-state index contributed by atoms with van der Waals surface area (Å²) in [6, 6.07) is 8.53. The van der Waals surface area contributed by atoms with Gasteiger partial charge in [-0.15, -0.1) is 0 Å². The van der Waals surface area contributed by atoms with Crippen LogP contribution < -0.4 is 10.1 Å². The first-order valence-electron chi connectivity index (χ1n) is 7.81. The van der Waals surface area contributed by atoms with Gasteiger partial charge in [0.2, 0.25) is 0 Å². The van der Waals surface area contributed by atoms with Crippen LogP contribution in [0.15, 0.2) is 24.3 Å². The zero-order chi connectivity index (χ0) is 15.1. The normalized spacial score (nSPS) is 23.2. The van der Waals surface area contributed by atoms with Gasteiger partial charge in [0, 0.05) is 31.2 Å². The van der Waals surface area contributed by atoms with Crippen LogP contribution in [-0.2, 0) is 9.47 Å². The van der Waals surface area contributed by atoms with E-state index < -0.39 is 0 Å². The smallest absolute Gasteiger partial charge is 0.124 e. The fourth-order valence-electron chi connectivity index (χ4n) is 3.17. The first kappa shape index (κ1) is 16.3. The molecule has 21 heavy (non-hydrogen) atoms. The van der Waals surface area contributed by atoms with E-state index in [1.165, 1.54) is 5.56 Å². The average Bonchev–Trinajstić information content (AvgIpc) is 2.98. The molecule has 3 unspecified atom stereocenters. The van der Waals surface area contributed by atoms with Gasteiger partial charge in [0.15, 0.2) is 0 Å². The molecular weight excluding hydrogens is 266 g/mol. The maximum Gasteiger partial charge on any atom is 0.124 e. The molecule has 1 N–H and O–H groups in total. The van der Waals surface area contributed by atoms with Gasteiger partial charge in [0.25, 0.3) is 0 Å². The molecule has 0 aliphatic carbocycles. The zero-order valence-corrected chi connectivity index (χ0v) is 13.3. The summed E-state index contributed by atoms with van der Waals surface area (Å²) in [5, 5.41) is 3.46. The Balaban J connectivity index is 2.17. The van der Waals surface area contributed by atoms with Crippen LogP contribution in [0.4, 0.5) is 0 Å². The standard InChI is InChI=1S/C17H27NO3/c1-4-15-14(9-10-20-15)17(18-2)13-7-5-6-8-16(13)21-12-11-19-3/h5-8,14-15,17-18H,4,9-12H2,1-3H3. The van der Waals surface area contributed by atoms with E-state index in [4.69, 9.17) is 14.2 Å². The Morgan fingerprint density at radius 2 is 2.14 bits per heavy atom. The monoisotopic (exact) mass is 293 g/mol. The van der Waals surface area contributed by atoms with E-state index in [1.54, 1.807) is 7.11 Å². The number of benzene rings is 1. The van der Waals surface area contributed by atoms with Crippen LogP contribution in [0.25, 0.3) is 0 Å². The number of rotatable bonds is 8. The van der Waals surface area contributed by atoms with Gasteiger partial charge in [0.1, 0.15) is 12.4 Å². The Hall–Kier alpha value is -1.10. The highest BCUT2D eigenvalue weighted by Gasteiger charge is 2.34. The molecule has 1 aromatic carbocycles. The van der Waals surface area contributed by atoms with Crippen molar-refractivity contribution < 1.29 is 14.2 Å². The summed E-state index contributed by atoms with van der Waals surface area (Å²) in [5.74, 6) is 1.43. The van der Waals surface area contributed by atoms with Gasteiger partial charge in [0.05, 0.1) is 12.7 Å². The second-order valence-electron chi connectivity index (χ2n) is 5.42. The third kappa shape index (κ3) is 3.96. The molecule has 0 amide bonds. The van der Waals surface area contributed by atoms with Crippen molar-refractivity contribution in [1.82, 2.24) is 5.32 Å². The van der Waals surface area contributed by atoms with Crippen molar-refractivity contribution in [2.24, 2.45) is 5.92 Å². The van der Waals surface area contributed by atoms with E-state index in [2.05, 4.69) is 24.4 Å². The van der Waals surface area contributed by atoms with E-state index >= 15 is 0 Å². The molecule has 1 aromatic rings. The second-order valence-corrected chi connectivity index (χ2v) is 5.42. The van der Waals surface area contributed by atoms with E-state index in [9.17, 15) is 0 Å². The molecule has 0 radical (unpaired) electrons. The molecule has 0 aromatic heterocycles. The summed E-state index contributed by atoms with van der Waals surface area (Å²) < 4.78 is 16.8. The molecule has 1 aliphatic rings. The van der Waals surface area contributed by atoms with Crippen molar-refractivity contribution in [1.29, 1.82) is 0 Å². The molecule has 4 heteroatoms. The molecule has 4 nitrogen and oxygen atoms in total. The minimum Gasteiger partial charge on any atom is -0.491 e. The van der Waals surface area contributed by atoms with Crippen LogP contribution in [0, 0.1) is 5.92 Å². The molecule has 118 valence electrons. The van der Waals surface area contributed by atoms with Crippen LogP contribution in [-0.4, -0.2) is 40.1 Å². The van der Waals surface area contributed by atoms with Crippen LogP contribution in [0.1, 0.15) is 31.4 Å². The summed E-state index contributed by atoms with van der Waals surface area (Å²) in [5.41, 5.74) is 1.21. The molecule has 1 saturated heterocycles. The summed E-state index contributed by atoms with van der Waals surface area (Å²) in [6.07, 6.45) is 2.47. The number of hydrogen-bond donors (Lipinski definition) is 1. The van der Waals surface area contributed by atoms with Gasteiger partial charge in [-0.1, -0.05) is 25.1 Å². The molecule has 0 bridgehead atoms. The number of nitrogens with one attached hydrogen (secondary N) is 1. The van der Waals surface area contributed by atoms with Gasteiger partial charge < -0.3 is 19.5 Å². The zero-order valence-electron chi connectivity index (χ0n) is 13.3. The topological polar surface area (TPSA) is 39.7 Å². The third-order valence-electron chi connectivity index (χ3n) is 4.20. The summed E-state index contributed by atoms with van der Waals surface area (Å²) >= 11 is 0. The van der Waals surface area contributed by atoms with Crippen molar-refractivity contribution in [3.05, 3.63) is 29.8 Å². The molecule has 2 rings (SSSR count). The van der Waals surface area contributed by atoms with Crippen molar-refractivity contribution >= 4 is 0 Å². The molecule has 1 aliphatic heterocycles. The van der Waals surface area contributed by atoms with Gasteiger partial charge in [-0.2, -0.15) is 0 Å². The fraction of sp³-hybridized carbons (Fsp3) is 0.647. The Morgan fingerprint density at radius 1 is 1.33 bits per heavy atom. The lowest BCUT2D eigenvalue weighted by molar-refractivity contribution is 0.0777. The molecule has 1 fully saturated rings. The largest absolute Gasteiger partial charge is 0.491 e. The summed E-state index contributed by atoms with van der Waals surface area (Å²) in [6.45, 7) is 4.22. The number of para-hydroxylation sites is 1. The highest BCUT2D eigenvalue weighted by molar-refractivity contribution is 5.36. The van der Waals surface area contributed by atoms with Gasteiger partial charge >= 0.3 is 0 Å². The van der Waals surface area contributed by atoms with Crippen molar-refractivity contribution in [2.45, 2.75) is 31.9 Å². The van der Waals surface area contributed by atoms with E-state index in [0.29, 0.717) is 25.2 Å². The van der Waals surface area contributed by atoms with Gasteiger partial charge in [-0.25, -0.2) is 0 Å². The average molecular weight is 293 g/mol. The van der Waals surface area contributed by atoms with E-state index in [-0.39, 0.29) is 6.04 Å². The Kier molecular flexibility index (Phi) is 6.49. The maximum atomic E-state index is 5.88. The van der Waals surface area contributed by atoms with Crippen molar-refractivity contribution in [2.75, 3.05) is 34.0 Å². The lowest BCUT2D eigenvalue weighted by atomic mass is 9.86. The summed E-state index contributed by atoms with van der Waals surface area (Å²) in [7, 11) is 3.70. The third-order valence-corrected chi connectivity index (χ3v) is 4.20. The number of methoxy groups -OCH3 is 1. The van der Waals surface area contributed by atoms with Crippen LogP contribution in [0.3, 0.4) is 0 Å². The highest BCUT2D eigenvalue weighted by Crippen LogP contribution is 2.38.